The lowest BCUT2D eigenvalue weighted by Crippen LogP contribution is -2.50. The first-order chi connectivity index (χ1) is 18.2. The Bertz CT molecular complexity index is 1200. The van der Waals surface area contributed by atoms with Gasteiger partial charge in [-0.3, -0.25) is 4.90 Å². The number of rotatable bonds is 8. The van der Waals surface area contributed by atoms with E-state index in [2.05, 4.69) is 20.4 Å². The van der Waals surface area contributed by atoms with Gasteiger partial charge in [0.05, 0.1) is 18.3 Å². The van der Waals surface area contributed by atoms with E-state index >= 15 is 0 Å². The molecule has 2 amide bonds. The van der Waals surface area contributed by atoms with Crippen molar-refractivity contribution in [3.05, 3.63) is 126 Å². The summed E-state index contributed by atoms with van der Waals surface area (Å²) in [5.74, 6) is 0.588. The zero-order chi connectivity index (χ0) is 25.5. The minimum Gasteiger partial charge on any atom is -0.468 e. The molecular weight excluding hydrogens is 467 g/mol. The SMILES string of the molecule is O=C(NCC(c1ccco1)N1CCN(c2ccc(F)cc2)CC1)NC(c1ccccc1)c1ccccc1. The minimum absolute atomic E-state index is 0.0944. The van der Waals surface area contributed by atoms with Crippen molar-refractivity contribution < 1.29 is 13.6 Å². The topological polar surface area (TPSA) is 60.8 Å². The molecule has 1 unspecified atom stereocenters. The molecule has 0 aliphatic carbocycles. The molecule has 3 aromatic carbocycles. The Kier molecular flexibility index (Phi) is 7.81. The highest BCUT2D eigenvalue weighted by atomic mass is 19.1. The molecule has 1 fully saturated rings. The van der Waals surface area contributed by atoms with Gasteiger partial charge in [-0.1, -0.05) is 60.7 Å². The van der Waals surface area contributed by atoms with Gasteiger partial charge in [0.25, 0.3) is 0 Å². The van der Waals surface area contributed by atoms with Crippen molar-refractivity contribution in [1.82, 2.24) is 15.5 Å². The maximum atomic E-state index is 13.3. The minimum atomic E-state index is -0.260. The third-order valence-corrected chi connectivity index (χ3v) is 6.82. The van der Waals surface area contributed by atoms with E-state index in [1.165, 1.54) is 12.1 Å². The van der Waals surface area contributed by atoms with E-state index < -0.39 is 0 Å². The number of nitrogens with zero attached hydrogens (tertiary/aromatic N) is 2. The Morgan fingerprint density at radius 3 is 2.00 bits per heavy atom. The van der Waals surface area contributed by atoms with E-state index in [1.54, 1.807) is 6.26 Å². The van der Waals surface area contributed by atoms with Crippen molar-refractivity contribution in [2.45, 2.75) is 12.1 Å². The van der Waals surface area contributed by atoms with Crippen molar-refractivity contribution in [1.29, 1.82) is 0 Å². The monoisotopic (exact) mass is 498 g/mol. The summed E-state index contributed by atoms with van der Waals surface area (Å²) < 4.78 is 19.1. The highest BCUT2D eigenvalue weighted by Crippen LogP contribution is 2.25. The summed E-state index contributed by atoms with van der Waals surface area (Å²) in [6.07, 6.45) is 1.66. The number of piperazine rings is 1. The highest BCUT2D eigenvalue weighted by Gasteiger charge is 2.28. The molecule has 0 saturated carbocycles. The molecule has 4 aromatic rings. The summed E-state index contributed by atoms with van der Waals surface area (Å²) in [7, 11) is 0. The average molecular weight is 499 g/mol. The summed E-state index contributed by atoms with van der Waals surface area (Å²) in [6.45, 7) is 3.61. The van der Waals surface area contributed by atoms with Crippen LogP contribution < -0.4 is 15.5 Å². The Morgan fingerprint density at radius 2 is 1.43 bits per heavy atom. The molecule has 0 radical (unpaired) electrons. The lowest BCUT2D eigenvalue weighted by Gasteiger charge is -2.39. The molecule has 37 heavy (non-hydrogen) atoms. The molecule has 2 heterocycles. The number of anilines is 1. The molecule has 7 heteroatoms. The van der Waals surface area contributed by atoms with Crippen molar-refractivity contribution in [2.24, 2.45) is 0 Å². The average Bonchev–Trinajstić information content (AvgIpc) is 3.48. The molecule has 6 nitrogen and oxygen atoms in total. The second-order valence-electron chi connectivity index (χ2n) is 9.14. The first-order valence-corrected chi connectivity index (χ1v) is 12.6. The van der Waals surface area contributed by atoms with Crippen molar-refractivity contribution in [3.63, 3.8) is 0 Å². The van der Waals surface area contributed by atoms with Crippen molar-refractivity contribution in [2.75, 3.05) is 37.6 Å². The van der Waals surface area contributed by atoms with Gasteiger partial charge in [-0.15, -0.1) is 0 Å². The van der Waals surface area contributed by atoms with Gasteiger partial charge in [0.1, 0.15) is 11.6 Å². The molecule has 0 spiro atoms. The van der Waals surface area contributed by atoms with Crippen LogP contribution in [0.5, 0.6) is 0 Å². The van der Waals surface area contributed by atoms with Crippen molar-refractivity contribution >= 4 is 11.7 Å². The Morgan fingerprint density at radius 1 is 0.811 bits per heavy atom. The Hall–Kier alpha value is -4.10. The van der Waals surface area contributed by atoms with Gasteiger partial charge in [-0.2, -0.15) is 0 Å². The standard InChI is InChI=1S/C30H31FN4O2/c31-25-13-15-26(16-14-25)34-17-19-35(20-18-34)27(28-12-7-21-37-28)22-32-30(36)33-29(23-8-3-1-4-9-23)24-10-5-2-6-11-24/h1-16,21,27,29H,17-20,22H2,(H2,32,33,36). The molecule has 1 aliphatic rings. The number of furan rings is 1. The lowest BCUT2D eigenvalue weighted by atomic mass is 9.99. The number of carbonyl (C=O) groups is 1. The number of amides is 2. The molecule has 5 rings (SSSR count). The molecular formula is C30H31FN4O2. The molecule has 1 aliphatic heterocycles. The molecule has 1 atom stereocenters. The van der Waals surface area contributed by atoms with Crippen LogP contribution in [-0.4, -0.2) is 43.7 Å². The smallest absolute Gasteiger partial charge is 0.315 e. The molecule has 1 aromatic heterocycles. The van der Waals surface area contributed by atoms with Crippen LogP contribution in [0.3, 0.4) is 0 Å². The third kappa shape index (κ3) is 6.19. The van der Waals surface area contributed by atoms with Crippen LogP contribution in [0.25, 0.3) is 0 Å². The summed E-state index contributed by atoms with van der Waals surface area (Å²) in [6, 6.07) is 29.8. The fraction of sp³-hybridized carbons (Fsp3) is 0.233. The highest BCUT2D eigenvalue weighted by molar-refractivity contribution is 5.75. The van der Waals surface area contributed by atoms with Gasteiger partial charge >= 0.3 is 6.03 Å². The summed E-state index contributed by atoms with van der Waals surface area (Å²) in [5.41, 5.74) is 3.05. The van der Waals surface area contributed by atoms with Crippen LogP contribution in [0.2, 0.25) is 0 Å². The van der Waals surface area contributed by atoms with E-state index in [0.717, 1.165) is 48.8 Å². The number of hydrogen-bond donors (Lipinski definition) is 2. The van der Waals surface area contributed by atoms with Crippen LogP contribution in [0, 0.1) is 5.82 Å². The molecule has 2 N–H and O–H groups in total. The van der Waals surface area contributed by atoms with E-state index in [9.17, 15) is 9.18 Å². The van der Waals surface area contributed by atoms with Crippen molar-refractivity contribution in [3.8, 4) is 0 Å². The predicted octanol–water partition coefficient (Wildman–Crippen LogP) is 5.37. The first-order valence-electron chi connectivity index (χ1n) is 12.6. The predicted molar refractivity (Wildman–Crippen MR) is 143 cm³/mol. The Labute approximate surface area is 216 Å². The quantitative estimate of drug-likeness (QED) is 0.343. The van der Waals surface area contributed by atoms with Gasteiger partial charge in [-0.05, 0) is 47.5 Å². The van der Waals surface area contributed by atoms with Gasteiger partial charge in [0.15, 0.2) is 0 Å². The zero-order valence-corrected chi connectivity index (χ0v) is 20.6. The zero-order valence-electron chi connectivity index (χ0n) is 20.6. The second kappa shape index (κ2) is 11.8. The van der Waals surface area contributed by atoms with Crippen LogP contribution in [0.4, 0.5) is 14.9 Å². The maximum Gasteiger partial charge on any atom is 0.315 e. The normalized spacial score (nSPS) is 14.9. The van der Waals surface area contributed by atoms with Gasteiger partial charge < -0.3 is 20.0 Å². The summed E-state index contributed by atoms with van der Waals surface area (Å²) in [4.78, 5) is 17.7. The number of hydrogen-bond acceptors (Lipinski definition) is 4. The maximum absolute atomic E-state index is 13.3. The fourth-order valence-electron chi connectivity index (χ4n) is 4.86. The Balaban J connectivity index is 1.24. The molecule has 0 bridgehead atoms. The lowest BCUT2D eigenvalue weighted by molar-refractivity contribution is 0.161. The number of carbonyl (C=O) groups excluding carboxylic acids is 1. The third-order valence-electron chi connectivity index (χ3n) is 6.82. The van der Waals surface area contributed by atoms with E-state index in [4.69, 9.17) is 4.42 Å². The van der Waals surface area contributed by atoms with Crippen LogP contribution in [0.1, 0.15) is 29.0 Å². The number of halogens is 1. The number of urea groups is 1. The summed E-state index contributed by atoms with van der Waals surface area (Å²) >= 11 is 0. The second-order valence-corrected chi connectivity index (χ2v) is 9.14. The molecule has 1 saturated heterocycles. The van der Waals surface area contributed by atoms with Crippen LogP contribution in [0.15, 0.2) is 108 Å². The number of nitrogens with one attached hydrogen (secondary N) is 2. The largest absolute Gasteiger partial charge is 0.468 e. The van der Waals surface area contributed by atoms with Gasteiger partial charge in [-0.25, -0.2) is 9.18 Å². The van der Waals surface area contributed by atoms with Crippen LogP contribution >= 0.6 is 0 Å². The fourth-order valence-corrected chi connectivity index (χ4v) is 4.86. The van der Waals surface area contributed by atoms with E-state index in [0.29, 0.717) is 6.54 Å². The number of benzene rings is 3. The summed E-state index contributed by atoms with van der Waals surface area (Å²) in [5, 5.41) is 6.23. The van der Waals surface area contributed by atoms with Gasteiger partial charge in [0.2, 0.25) is 0 Å². The van der Waals surface area contributed by atoms with E-state index in [-0.39, 0.29) is 23.9 Å². The van der Waals surface area contributed by atoms with Crippen LogP contribution in [-0.2, 0) is 0 Å². The molecule has 190 valence electrons. The first kappa shape index (κ1) is 24.6. The van der Waals surface area contributed by atoms with E-state index in [1.807, 2.05) is 84.9 Å². The van der Waals surface area contributed by atoms with Gasteiger partial charge in [0, 0.05) is 38.4 Å².